The van der Waals surface area contributed by atoms with E-state index in [1.54, 1.807) is 0 Å². The fourth-order valence-electron chi connectivity index (χ4n) is 1.10. The van der Waals surface area contributed by atoms with Crippen LogP contribution in [0, 0.1) is 0 Å². The minimum absolute atomic E-state index is 0.0299. The van der Waals surface area contributed by atoms with Gasteiger partial charge in [-0.3, -0.25) is 14.6 Å². The Kier molecular flexibility index (Phi) is 2.77. The van der Waals surface area contributed by atoms with Crippen molar-refractivity contribution in [2.75, 3.05) is 5.32 Å². The van der Waals surface area contributed by atoms with Gasteiger partial charge in [-0.05, 0) is 12.1 Å². The second-order valence-electron chi connectivity index (χ2n) is 3.05. The summed E-state index contributed by atoms with van der Waals surface area (Å²) in [7, 11) is 0. The van der Waals surface area contributed by atoms with Gasteiger partial charge in [-0.15, -0.1) is 0 Å². The molecule has 0 fully saturated rings. The molecule has 0 aromatic carbocycles. The zero-order valence-electron chi connectivity index (χ0n) is 8.43. The van der Waals surface area contributed by atoms with Gasteiger partial charge < -0.3 is 5.32 Å². The van der Waals surface area contributed by atoms with E-state index in [1.807, 2.05) is 0 Å². The van der Waals surface area contributed by atoms with Crippen molar-refractivity contribution in [2.24, 2.45) is 0 Å². The van der Waals surface area contributed by atoms with Crippen LogP contribution in [0.15, 0.2) is 34.0 Å². The van der Waals surface area contributed by atoms with Crippen LogP contribution in [0.25, 0.3) is 0 Å². The highest BCUT2D eigenvalue weighted by Crippen LogP contribution is 1.99. The van der Waals surface area contributed by atoms with Crippen molar-refractivity contribution in [3.05, 3.63) is 50.9 Å². The SMILES string of the molecule is O=C(Nc1ccnc(=O)[nH]1)c1ccc(=O)[nH]n1. The van der Waals surface area contributed by atoms with Gasteiger partial charge in [0.15, 0.2) is 0 Å². The molecule has 0 unspecified atom stereocenters. The summed E-state index contributed by atoms with van der Waals surface area (Å²) >= 11 is 0. The van der Waals surface area contributed by atoms with Crippen LogP contribution in [-0.4, -0.2) is 26.1 Å². The standard InChI is InChI=1S/C9H7N5O3/c15-7-2-1-5(13-14-7)8(16)11-6-3-4-10-9(17)12-6/h1-4H,(H,14,15)(H2,10,11,12,16,17). The number of hydrogen-bond donors (Lipinski definition) is 3. The maximum absolute atomic E-state index is 11.6. The highest BCUT2D eigenvalue weighted by molar-refractivity contribution is 6.02. The van der Waals surface area contributed by atoms with E-state index in [2.05, 4.69) is 25.5 Å². The van der Waals surface area contributed by atoms with Gasteiger partial charge >= 0.3 is 5.69 Å². The predicted molar refractivity (Wildman–Crippen MR) is 57.7 cm³/mol. The summed E-state index contributed by atoms with van der Waals surface area (Å²) in [6, 6.07) is 3.87. The van der Waals surface area contributed by atoms with Crippen LogP contribution in [0.2, 0.25) is 0 Å². The number of hydrogen-bond acceptors (Lipinski definition) is 5. The zero-order chi connectivity index (χ0) is 12.3. The van der Waals surface area contributed by atoms with Crippen molar-refractivity contribution in [1.82, 2.24) is 20.2 Å². The van der Waals surface area contributed by atoms with Crippen LogP contribution in [0.4, 0.5) is 5.82 Å². The van der Waals surface area contributed by atoms with E-state index in [4.69, 9.17) is 0 Å². The first-order chi connectivity index (χ1) is 8.15. The molecule has 86 valence electrons. The van der Waals surface area contributed by atoms with Crippen LogP contribution in [0.3, 0.4) is 0 Å². The average molecular weight is 233 g/mol. The fraction of sp³-hybridized carbons (Fsp3) is 0. The normalized spacial score (nSPS) is 9.88. The first-order valence-corrected chi connectivity index (χ1v) is 4.57. The molecule has 2 heterocycles. The molecule has 1 amide bonds. The van der Waals surface area contributed by atoms with Gasteiger partial charge in [-0.1, -0.05) is 0 Å². The average Bonchev–Trinajstić information content (AvgIpc) is 2.29. The molecule has 0 atom stereocenters. The van der Waals surface area contributed by atoms with Gasteiger partial charge in [0, 0.05) is 12.3 Å². The van der Waals surface area contributed by atoms with Gasteiger partial charge in [-0.2, -0.15) is 5.10 Å². The zero-order valence-corrected chi connectivity index (χ0v) is 8.43. The Balaban J connectivity index is 2.20. The van der Waals surface area contributed by atoms with Crippen molar-refractivity contribution >= 4 is 11.7 Å². The fourth-order valence-corrected chi connectivity index (χ4v) is 1.10. The van der Waals surface area contributed by atoms with E-state index >= 15 is 0 Å². The summed E-state index contributed by atoms with van der Waals surface area (Å²) in [5.74, 6) is -0.355. The van der Waals surface area contributed by atoms with Gasteiger partial charge in [0.1, 0.15) is 11.5 Å². The molecule has 8 heteroatoms. The number of amides is 1. The third kappa shape index (κ3) is 2.62. The van der Waals surface area contributed by atoms with E-state index in [0.29, 0.717) is 0 Å². The van der Waals surface area contributed by atoms with Gasteiger partial charge in [0.2, 0.25) is 0 Å². The topological polar surface area (TPSA) is 121 Å². The maximum atomic E-state index is 11.6. The van der Waals surface area contributed by atoms with Crippen molar-refractivity contribution < 1.29 is 4.79 Å². The Morgan fingerprint density at radius 3 is 2.71 bits per heavy atom. The Bertz CT molecular complexity index is 639. The predicted octanol–water partition coefficient (Wildman–Crippen LogP) is -0.895. The van der Waals surface area contributed by atoms with Crippen LogP contribution in [0.1, 0.15) is 10.5 Å². The lowest BCUT2D eigenvalue weighted by molar-refractivity contribution is 0.102. The quantitative estimate of drug-likeness (QED) is 0.621. The Hall–Kier alpha value is -2.77. The Morgan fingerprint density at radius 2 is 2.06 bits per heavy atom. The molecule has 0 bridgehead atoms. The summed E-state index contributed by atoms with van der Waals surface area (Å²) in [5.41, 5.74) is -0.946. The number of anilines is 1. The maximum Gasteiger partial charge on any atom is 0.346 e. The van der Waals surface area contributed by atoms with Crippen LogP contribution >= 0.6 is 0 Å². The van der Waals surface area contributed by atoms with Crippen LogP contribution in [-0.2, 0) is 0 Å². The molecule has 17 heavy (non-hydrogen) atoms. The second kappa shape index (κ2) is 4.39. The third-order valence-corrected chi connectivity index (χ3v) is 1.83. The van der Waals surface area contributed by atoms with Crippen molar-refractivity contribution in [3.8, 4) is 0 Å². The van der Waals surface area contributed by atoms with Crippen molar-refractivity contribution in [1.29, 1.82) is 0 Å². The van der Waals surface area contributed by atoms with Crippen molar-refractivity contribution in [2.45, 2.75) is 0 Å². The summed E-state index contributed by atoms with van der Waals surface area (Å²) in [5, 5.41) is 8.07. The van der Waals surface area contributed by atoms with E-state index in [9.17, 15) is 14.4 Å². The highest BCUT2D eigenvalue weighted by atomic mass is 16.2. The number of carbonyl (C=O) groups is 1. The largest absolute Gasteiger partial charge is 0.346 e. The molecule has 0 aliphatic carbocycles. The second-order valence-corrected chi connectivity index (χ2v) is 3.05. The number of carbonyl (C=O) groups excluding carboxylic acids is 1. The monoisotopic (exact) mass is 233 g/mol. The first-order valence-electron chi connectivity index (χ1n) is 4.57. The lowest BCUT2D eigenvalue weighted by Crippen LogP contribution is -2.20. The van der Waals surface area contributed by atoms with Crippen molar-refractivity contribution in [3.63, 3.8) is 0 Å². The lowest BCUT2D eigenvalue weighted by atomic mass is 10.3. The summed E-state index contributed by atoms with van der Waals surface area (Å²) in [6.45, 7) is 0. The Labute approximate surface area is 93.7 Å². The minimum atomic E-state index is -0.572. The van der Waals surface area contributed by atoms with E-state index in [1.165, 1.54) is 24.4 Å². The smallest absolute Gasteiger partial charge is 0.307 e. The number of nitrogens with zero attached hydrogens (tertiary/aromatic N) is 2. The van der Waals surface area contributed by atoms with Crippen LogP contribution < -0.4 is 16.6 Å². The van der Waals surface area contributed by atoms with E-state index < -0.39 is 17.2 Å². The number of rotatable bonds is 2. The molecule has 2 aromatic heterocycles. The van der Waals surface area contributed by atoms with E-state index in [-0.39, 0.29) is 11.5 Å². The molecule has 0 aliphatic rings. The first kappa shape index (κ1) is 10.7. The lowest BCUT2D eigenvalue weighted by Gasteiger charge is -2.02. The van der Waals surface area contributed by atoms with E-state index in [0.717, 1.165) is 0 Å². The number of aromatic amines is 2. The van der Waals surface area contributed by atoms with Crippen LogP contribution in [0.5, 0.6) is 0 Å². The Morgan fingerprint density at radius 1 is 1.24 bits per heavy atom. The summed E-state index contributed by atoms with van der Waals surface area (Å²) < 4.78 is 0. The third-order valence-electron chi connectivity index (χ3n) is 1.83. The molecule has 2 rings (SSSR count). The molecule has 0 aliphatic heterocycles. The summed E-state index contributed by atoms with van der Waals surface area (Å²) in [6.07, 6.45) is 1.26. The molecular weight excluding hydrogens is 226 g/mol. The minimum Gasteiger partial charge on any atom is -0.307 e. The van der Waals surface area contributed by atoms with Gasteiger partial charge in [0.25, 0.3) is 11.5 Å². The molecule has 0 radical (unpaired) electrons. The number of nitrogens with one attached hydrogen (secondary N) is 3. The molecule has 3 N–H and O–H groups in total. The molecule has 2 aromatic rings. The summed E-state index contributed by atoms with van der Waals surface area (Å²) in [4.78, 5) is 38.9. The molecule has 8 nitrogen and oxygen atoms in total. The van der Waals surface area contributed by atoms with Gasteiger partial charge in [0.05, 0.1) is 0 Å². The molecule has 0 saturated carbocycles. The highest BCUT2D eigenvalue weighted by Gasteiger charge is 2.07. The molecular formula is C9H7N5O3. The molecule has 0 spiro atoms. The molecule has 0 saturated heterocycles. The number of H-pyrrole nitrogens is 2. The van der Waals surface area contributed by atoms with Gasteiger partial charge in [-0.25, -0.2) is 14.9 Å². The number of aromatic nitrogens is 4.